The van der Waals surface area contributed by atoms with Gasteiger partial charge in [0.15, 0.2) is 5.78 Å². The van der Waals surface area contributed by atoms with E-state index in [-0.39, 0.29) is 36.6 Å². The van der Waals surface area contributed by atoms with Crippen molar-refractivity contribution < 1.29 is 14.4 Å². The summed E-state index contributed by atoms with van der Waals surface area (Å²) in [6.07, 6.45) is 1.34. The fourth-order valence-corrected chi connectivity index (χ4v) is 2.41. The lowest BCUT2D eigenvalue weighted by Crippen LogP contribution is -2.10. The van der Waals surface area contributed by atoms with Crippen molar-refractivity contribution in [1.29, 1.82) is 0 Å². The number of hydrogen-bond acceptors (Lipinski definition) is 3. The van der Waals surface area contributed by atoms with E-state index in [9.17, 15) is 14.4 Å². The lowest BCUT2D eigenvalue weighted by molar-refractivity contribution is -0.126. The van der Waals surface area contributed by atoms with Gasteiger partial charge in [-0.2, -0.15) is 0 Å². The third-order valence-corrected chi connectivity index (χ3v) is 3.59. The third kappa shape index (κ3) is 5.99. The Hall–Kier alpha value is -2.55. The molecule has 0 bridgehead atoms. The zero-order valence-electron chi connectivity index (χ0n) is 13.0. The minimum absolute atomic E-state index is 0.0361. The molecular weight excluding hydrogens is 288 g/mol. The quantitative estimate of drug-likeness (QED) is 0.523. The summed E-state index contributed by atoms with van der Waals surface area (Å²) in [4.78, 5) is 35.6. The number of carbonyl (C=O) groups excluding carboxylic acids is 3. The summed E-state index contributed by atoms with van der Waals surface area (Å²) in [7, 11) is 0. The van der Waals surface area contributed by atoms with Crippen LogP contribution in [-0.4, -0.2) is 17.3 Å². The first-order chi connectivity index (χ1) is 11.1. The Morgan fingerprint density at radius 1 is 0.696 bits per heavy atom. The first-order valence-electron chi connectivity index (χ1n) is 7.81. The number of hydrogen-bond donors (Lipinski definition) is 0. The molecule has 0 aliphatic rings. The summed E-state index contributed by atoms with van der Waals surface area (Å²) in [6, 6.07) is 18.4. The first kappa shape index (κ1) is 16.8. The monoisotopic (exact) mass is 308 g/mol. The Morgan fingerprint density at radius 2 is 1.30 bits per heavy atom. The van der Waals surface area contributed by atoms with Crippen LogP contribution in [0.5, 0.6) is 0 Å². The summed E-state index contributed by atoms with van der Waals surface area (Å²) < 4.78 is 0. The fourth-order valence-electron chi connectivity index (χ4n) is 2.41. The molecule has 2 rings (SSSR count). The van der Waals surface area contributed by atoms with Crippen molar-refractivity contribution in [3.05, 3.63) is 71.8 Å². The van der Waals surface area contributed by atoms with Gasteiger partial charge in [-0.3, -0.25) is 14.4 Å². The molecule has 3 nitrogen and oxygen atoms in total. The Bertz CT molecular complexity index is 660. The maximum absolute atomic E-state index is 11.9. The molecule has 0 saturated carbocycles. The van der Waals surface area contributed by atoms with E-state index in [0.29, 0.717) is 18.4 Å². The highest BCUT2D eigenvalue weighted by Crippen LogP contribution is 2.09. The van der Waals surface area contributed by atoms with Crippen LogP contribution in [0.4, 0.5) is 0 Å². The molecule has 0 saturated heterocycles. The van der Waals surface area contributed by atoms with Gasteiger partial charge < -0.3 is 0 Å². The number of ketones is 3. The summed E-state index contributed by atoms with van der Waals surface area (Å²) in [5.41, 5.74) is 1.59. The highest BCUT2D eigenvalue weighted by atomic mass is 16.1. The van der Waals surface area contributed by atoms with E-state index in [1.54, 1.807) is 12.1 Å². The van der Waals surface area contributed by atoms with Gasteiger partial charge in [-0.05, 0) is 12.0 Å². The molecule has 0 amide bonds. The van der Waals surface area contributed by atoms with E-state index >= 15 is 0 Å². The van der Waals surface area contributed by atoms with Crippen LogP contribution in [0.15, 0.2) is 60.7 Å². The van der Waals surface area contributed by atoms with Crippen molar-refractivity contribution in [2.75, 3.05) is 0 Å². The van der Waals surface area contributed by atoms with Crippen LogP contribution >= 0.6 is 0 Å². The number of benzene rings is 2. The maximum atomic E-state index is 11.9. The maximum Gasteiger partial charge on any atom is 0.162 e. The molecule has 0 heterocycles. The predicted octanol–water partition coefficient (Wildman–Crippen LogP) is 3.81. The highest BCUT2D eigenvalue weighted by molar-refractivity contribution is 6.00. The minimum atomic E-state index is -0.0909. The van der Waals surface area contributed by atoms with Crippen LogP contribution in [0.2, 0.25) is 0 Å². The number of carbonyl (C=O) groups is 3. The van der Waals surface area contributed by atoms with E-state index in [1.807, 2.05) is 48.5 Å². The zero-order chi connectivity index (χ0) is 16.5. The summed E-state index contributed by atoms with van der Waals surface area (Å²) in [5, 5.41) is 0. The molecule has 0 radical (unpaired) electrons. The van der Waals surface area contributed by atoms with E-state index in [0.717, 1.165) is 5.56 Å². The van der Waals surface area contributed by atoms with Gasteiger partial charge in [-0.1, -0.05) is 60.7 Å². The number of rotatable bonds is 9. The molecule has 23 heavy (non-hydrogen) atoms. The van der Waals surface area contributed by atoms with Gasteiger partial charge in [-0.15, -0.1) is 0 Å². The third-order valence-electron chi connectivity index (χ3n) is 3.59. The summed E-state index contributed by atoms with van der Waals surface area (Å²) in [5.74, 6) is -0.128. The molecule has 0 fully saturated rings. The summed E-state index contributed by atoms with van der Waals surface area (Å²) in [6.45, 7) is 0. The van der Waals surface area contributed by atoms with Gasteiger partial charge in [0.25, 0.3) is 0 Å². The van der Waals surface area contributed by atoms with Gasteiger partial charge in [0.1, 0.15) is 11.6 Å². The molecule has 2 aromatic carbocycles. The molecule has 0 unspecified atom stereocenters. The fraction of sp³-hybridized carbons (Fsp3) is 0.250. The molecule has 2 aromatic rings. The van der Waals surface area contributed by atoms with Gasteiger partial charge in [0, 0.05) is 24.8 Å². The molecule has 0 aromatic heterocycles. The van der Waals surface area contributed by atoms with Crippen LogP contribution in [0, 0.1) is 0 Å². The molecule has 0 aliphatic heterocycles. The topological polar surface area (TPSA) is 51.2 Å². The van der Waals surface area contributed by atoms with Crippen LogP contribution < -0.4 is 0 Å². The largest absolute Gasteiger partial charge is 0.299 e. The van der Waals surface area contributed by atoms with Gasteiger partial charge in [0.05, 0.1) is 6.42 Å². The smallest absolute Gasteiger partial charge is 0.162 e. The summed E-state index contributed by atoms with van der Waals surface area (Å²) >= 11 is 0. The lowest BCUT2D eigenvalue weighted by atomic mass is 10.0. The molecule has 3 heteroatoms. The van der Waals surface area contributed by atoms with Crippen molar-refractivity contribution in [2.45, 2.75) is 32.1 Å². The second-order valence-corrected chi connectivity index (χ2v) is 5.56. The Labute approximate surface area is 136 Å². The molecule has 0 spiro atoms. The van der Waals surface area contributed by atoms with Crippen LogP contribution in [-0.2, 0) is 16.0 Å². The van der Waals surface area contributed by atoms with E-state index in [2.05, 4.69) is 0 Å². The Morgan fingerprint density at radius 3 is 1.96 bits per heavy atom. The SMILES string of the molecule is O=C(CCCC(=O)c1ccccc1)CC(=O)Cc1ccccc1. The van der Waals surface area contributed by atoms with Gasteiger partial charge >= 0.3 is 0 Å². The van der Waals surface area contributed by atoms with Crippen LogP contribution in [0.25, 0.3) is 0 Å². The number of Topliss-reactive ketones (excluding diaryl/α,β-unsaturated/α-hetero) is 3. The van der Waals surface area contributed by atoms with Crippen molar-refractivity contribution in [2.24, 2.45) is 0 Å². The van der Waals surface area contributed by atoms with Gasteiger partial charge in [-0.25, -0.2) is 0 Å². The van der Waals surface area contributed by atoms with Crippen LogP contribution in [0.1, 0.15) is 41.6 Å². The molecular formula is C20H20O3. The second kappa shape index (κ2) is 8.79. The standard InChI is InChI=1S/C20H20O3/c21-18(15-19(22)14-16-8-3-1-4-9-16)12-7-13-20(23)17-10-5-2-6-11-17/h1-6,8-11H,7,12-15H2. The lowest BCUT2D eigenvalue weighted by Gasteiger charge is -2.02. The van der Waals surface area contributed by atoms with Crippen molar-refractivity contribution >= 4 is 17.3 Å². The predicted molar refractivity (Wildman–Crippen MR) is 89.4 cm³/mol. The van der Waals surface area contributed by atoms with Crippen molar-refractivity contribution in [3.8, 4) is 0 Å². The zero-order valence-corrected chi connectivity index (χ0v) is 13.0. The molecule has 0 aliphatic carbocycles. The second-order valence-electron chi connectivity index (χ2n) is 5.56. The van der Waals surface area contributed by atoms with Crippen molar-refractivity contribution in [1.82, 2.24) is 0 Å². The minimum Gasteiger partial charge on any atom is -0.299 e. The molecule has 0 atom stereocenters. The van der Waals surface area contributed by atoms with E-state index in [1.165, 1.54) is 0 Å². The highest BCUT2D eigenvalue weighted by Gasteiger charge is 2.11. The first-order valence-corrected chi connectivity index (χ1v) is 7.81. The average molecular weight is 308 g/mol. The normalized spacial score (nSPS) is 10.3. The average Bonchev–Trinajstić information content (AvgIpc) is 2.56. The molecule has 0 N–H and O–H groups in total. The van der Waals surface area contributed by atoms with Crippen molar-refractivity contribution in [3.63, 3.8) is 0 Å². The van der Waals surface area contributed by atoms with Crippen LogP contribution in [0.3, 0.4) is 0 Å². The van der Waals surface area contributed by atoms with Gasteiger partial charge in [0.2, 0.25) is 0 Å². The Kier molecular flexibility index (Phi) is 6.42. The van der Waals surface area contributed by atoms with E-state index in [4.69, 9.17) is 0 Å². The Balaban J connectivity index is 1.69. The molecule has 118 valence electrons. The van der Waals surface area contributed by atoms with E-state index < -0.39 is 0 Å².